The molecule has 0 spiro atoms. The van der Waals surface area contributed by atoms with Crippen molar-refractivity contribution >= 4 is 29.5 Å². The lowest BCUT2D eigenvalue weighted by molar-refractivity contribution is 0.0784. The van der Waals surface area contributed by atoms with Gasteiger partial charge in [-0.05, 0) is 38.5 Å². The molecular weight excluding hydrogens is 359 g/mol. The molecule has 0 aliphatic rings. The third kappa shape index (κ3) is 7.20. The molecule has 0 radical (unpaired) electrons. The van der Waals surface area contributed by atoms with Crippen molar-refractivity contribution in [3.8, 4) is 0 Å². The van der Waals surface area contributed by atoms with Crippen molar-refractivity contribution in [1.82, 2.24) is 5.59 Å². The molecule has 1 rings (SSSR count). The van der Waals surface area contributed by atoms with Crippen LogP contribution in [0, 0.1) is 0 Å². The van der Waals surface area contributed by atoms with Gasteiger partial charge in [-0.2, -0.15) is 15.3 Å². The molecule has 6 nitrogen and oxygen atoms in total. The number of hydrazone groups is 1. The van der Waals surface area contributed by atoms with E-state index in [1.807, 2.05) is 31.2 Å². The van der Waals surface area contributed by atoms with E-state index in [0.29, 0.717) is 6.42 Å². The second kappa shape index (κ2) is 9.33. The number of rotatable bonds is 9. The van der Waals surface area contributed by atoms with Crippen LogP contribution in [0.25, 0.3) is 0 Å². The summed E-state index contributed by atoms with van der Waals surface area (Å²) in [5.41, 5.74) is 4.17. The zero-order chi connectivity index (χ0) is 15.7. The maximum Gasteiger partial charge on any atom is 0.497 e. The number of phosphoric acid groups is 1. The molecule has 0 atom stereocenters. The first kappa shape index (κ1) is 18.3. The first-order valence-corrected chi connectivity index (χ1v) is 8.84. The summed E-state index contributed by atoms with van der Waals surface area (Å²) in [7, 11) is -3.59. The standard InChI is InChI=1S/C13H20BrN2O4P/c1-4-18-21(17,19-5-2)20-16-15-11(3)9-12-7-6-8-13(14)10-12/h6-8,10,16H,4-5,9H2,1-3H3. The van der Waals surface area contributed by atoms with Crippen LogP contribution in [0.3, 0.4) is 0 Å². The number of phosphoric ester groups is 1. The maximum absolute atomic E-state index is 12.0. The fourth-order valence-corrected chi connectivity index (χ4v) is 2.94. The number of halogens is 1. The van der Waals surface area contributed by atoms with Crippen molar-refractivity contribution < 1.29 is 18.2 Å². The van der Waals surface area contributed by atoms with Crippen molar-refractivity contribution in [3.63, 3.8) is 0 Å². The number of benzene rings is 1. The average Bonchev–Trinajstić information content (AvgIpc) is 2.39. The van der Waals surface area contributed by atoms with Crippen LogP contribution in [0.1, 0.15) is 26.3 Å². The summed E-state index contributed by atoms with van der Waals surface area (Å²) < 4.78 is 27.8. The summed E-state index contributed by atoms with van der Waals surface area (Å²) in [5.74, 6) is 0. The van der Waals surface area contributed by atoms with Gasteiger partial charge < -0.3 is 0 Å². The van der Waals surface area contributed by atoms with Gasteiger partial charge in [-0.15, -0.1) is 0 Å². The number of nitrogens with one attached hydrogen (secondary N) is 1. The molecule has 0 saturated carbocycles. The quantitative estimate of drug-likeness (QED) is 0.398. The van der Waals surface area contributed by atoms with Crippen LogP contribution in [-0.2, 0) is 24.7 Å². The number of hydrogen-bond donors (Lipinski definition) is 1. The van der Waals surface area contributed by atoms with Crippen LogP contribution >= 0.6 is 23.8 Å². The van der Waals surface area contributed by atoms with E-state index in [2.05, 4.69) is 26.6 Å². The van der Waals surface area contributed by atoms with Gasteiger partial charge >= 0.3 is 7.82 Å². The average molecular weight is 379 g/mol. The van der Waals surface area contributed by atoms with Crippen molar-refractivity contribution in [3.05, 3.63) is 34.3 Å². The molecule has 0 aromatic heterocycles. The highest BCUT2D eigenvalue weighted by Crippen LogP contribution is 2.48. The molecule has 0 bridgehead atoms. The van der Waals surface area contributed by atoms with Crippen LogP contribution in [0.5, 0.6) is 0 Å². The first-order chi connectivity index (χ1) is 9.99. The fourth-order valence-electron chi connectivity index (χ4n) is 1.54. The van der Waals surface area contributed by atoms with E-state index in [9.17, 15) is 4.57 Å². The summed E-state index contributed by atoms with van der Waals surface area (Å²) in [6, 6.07) is 7.91. The van der Waals surface area contributed by atoms with E-state index in [4.69, 9.17) is 13.7 Å². The van der Waals surface area contributed by atoms with Crippen LogP contribution in [0.4, 0.5) is 0 Å². The highest BCUT2D eigenvalue weighted by molar-refractivity contribution is 9.10. The van der Waals surface area contributed by atoms with Gasteiger partial charge in [0.05, 0.1) is 13.2 Å². The molecule has 1 N–H and O–H groups in total. The molecule has 118 valence electrons. The molecule has 1 aromatic rings. The third-order valence-corrected chi connectivity index (χ3v) is 4.26. The van der Waals surface area contributed by atoms with Crippen molar-refractivity contribution in [2.45, 2.75) is 27.2 Å². The van der Waals surface area contributed by atoms with Gasteiger partial charge in [0.25, 0.3) is 0 Å². The molecule has 0 fully saturated rings. The van der Waals surface area contributed by atoms with E-state index in [1.54, 1.807) is 13.8 Å². The minimum Gasteiger partial charge on any atom is -0.286 e. The van der Waals surface area contributed by atoms with E-state index < -0.39 is 7.82 Å². The van der Waals surface area contributed by atoms with Crippen LogP contribution < -0.4 is 5.59 Å². The summed E-state index contributed by atoms with van der Waals surface area (Å²) in [5, 5.41) is 4.00. The SMILES string of the molecule is CCOP(=O)(OCC)ONN=C(C)Cc1cccc(Br)c1. The zero-order valence-corrected chi connectivity index (χ0v) is 14.8. The molecule has 0 aliphatic heterocycles. The Morgan fingerprint density at radius 2 is 2.00 bits per heavy atom. The fraction of sp³-hybridized carbons (Fsp3) is 0.462. The Hall–Kier alpha value is -0.720. The van der Waals surface area contributed by atoms with Crippen LogP contribution in [0.15, 0.2) is 33.8 Å². The van der Waals surface area contributed by atoms with Gasteiger partial charge in [0.2, 0.25) is 0 Å². The molecule has 0 unspecified atom stereocenters. The number of nitrogens with zero attached hydrogens (tertiary/aromatic N) is 1. The second-order valence-electron chi connectivity index (χ2n) is 4.12. The van der Waals surface area contributed by atoms with Crippen LogP contribution in [0.2, 0.25) is 0 Å². The third-order valence-electron chi connectivity index (χ3n) is 2.31. The molecule has 0 heterocycles. The van der Waals surface area contributed by atoms with E-state index in [0.717, 1.165) is 15.7 Å². The first-order valence-electron chi connectivity index (χ1n) is 6.59. The lowest BCUT2D eigenvalue weighted by Gasteiger charge is -2.14. The Bertz CT molecular complexity index is 515. The lowest BCUT2D eigenvalue weighted by Crippen LogP contribution is -2.12. The largest absolute Gasteiger partial charge is 0.497 e. The van der Waals surface area contributed by atoms with Gasteiger partial charge in [0, 0.05) is 16.6 Å². The van der Waals surface area contributed by atoms with Gasteiger partial charge in [-0.3, -0.25) is 9.05 Å². The summed E-state index contributed by atoms with van der Waals surface area (Å²) in [6.45, 7) is 5.69. The minimum absolute atomic E-state index is 0.222. The monoisotopic (exact) mass is 378 g/mol. The Morgan fingerprint density at radius 3 is 2.57 bits per heavy atom. The summed E-state index contributed by atoms with van der Waals surface area (Å²) in [4.78, 5) is 0. The molecule has 8 heteroatoms. The predicted octanol–water partition coefficient (Wildman–Crippen LogP) is 4.07. The van der Waals surface area contributed by atoms with E-state index in [-0.39, 0.29) is 13.2 Å². The lowest BCUT2D eigenvalue weighted by atomic mass is 10.1. The predicted molar refractivity (Wildman–Crippen MR) is 86.0 cm³/mol. The Labute approximate surface area is 133 Å². The van der Waals surface area contributed by atoms with Crippen LogP contribution in [-0.4, -0.2) is 18.9 Å². The molecular formula is C13H20BrN2O4P. The Morgan fingerprint density at radius 1 is 1.33 bits per heavy atom. The van der Waals surface area contributed by atoms with E-state index in [1.165, 1.54) is 0 Å². The topological polar surface area (TPSA) is 69.2 Å². The normalized spacial score (nSPS) is 12.5. The minimum atomic E-state index is -3.59. The van der Waals surface area contributed by atoms with E-state index >= 15 is 0 Å². The molecule has 0 amide bonds. The van der Waals surface area contributed by atoms with Gasteiger partial charge in [-0.25, -0.2) is 4.57 Å². The zero-order valence-electron chi connectivity index (χ0n) is 12.3. The van der Waals surface area contributed by atoms with Crippen molar-refractivity contribution in [1.29, 1.82) is 0 Å². The smallest absolute Gasteiger partial charge is 0.286 e. The van der Waals surface area contributed by atoms with Gasteiger partial charge in [-0.1, -0.05) is 28.1 Å². The molecule has 0 aliphatic carbocycles. The van der Waals surface area contributed by atoms with Crippen molar-refractivity contribution in [2.24, 2.45) is 5.10 Å². The summed E-state index contributed by atoms with van der Waals surface area (Å²) >= 11 is 3.42. The molecule has 21 heavy (non-hydrogen) atoms. The number of hydrogen-bond acceptors (Lipinski definition) is 6. The Kier molecular flexibility index (Phi) is 8.14. The van der Waals surface area contributed by atoms with Gasteiger partial charge in [0.15, 0.2) is 0 Å². The highest BCUT2D eigenvalue weighted by Gasteiger charge is 2.25. The summed E-state index contributed by atoms with van der Waals surface area (Å²) in [6.07, 6.45) is 0.642. The highest BCUT2D eigenvalue weighted by atomic mass is 79.9. The van der Waals surface area contributed by atoms with Gasteiger partial charge in [0.1, 0.15) is 0 Å². The molecule has 0 saturated heterocycles. The maximum atomic E-state index is 12.0. The molecule has 1 aromatic carbocycles. The second-order valence-corrected chi connectivity index (χ2v) is 6.63. The Balaban J connectivity index is 2.53. The van der Waals surface area contributed by atoms with Crippen molar-refractivity contribution in [2.75, 3.05) is 13.2 Å².